The van der Waals surface area contributed by atoms with Crippen LogP contribution in [0, 0.1) is 11.8 Å². The van der Waals surface area contributed by atoms with Crippen LogP contribution in [0.1, 0.15) is 46.0 Å². The zero-order valence-electron chi connectivity index (χ0n) is 18.8. The second kappa shape index (κ2) is 9.19. The molecule has 3 aliphatic heterocycles. The van der Waals surface area contributed by atoms with Crippen LogP contribution in [0.2, 0.25) is 0 Å². The van der Waals surface area contributed by atoms with E-state index in [1.54, 1.807) is 17.0 Å². The van der Waals surface area contributed by atoms with E-state index < -0.39 is 23.5 Å². The molecular formula is C24H33N3O5. The summed E-state index contributed by atoms with van der Waals surface area (Å²) in [6.45, 7) is 4.19. The molecule has 0 aromatic heterocycles. The van der Waals surface area contributed by atoms with Crippen LogP contribution >= 0.6 is 0 Å². The molecule has 3 aliphatic rings. The van der Waals surface area contributed by atoms with E-state index in [9.17, 15) is 19.5 Å². The average Bonchev–Trinajstić information content (AvgIpc) is 3.40. The average molecular weight is 444 g/mol. The van der Waals surface area contributed by atoms with Crippen LogP contribution < -0.4 is 10.6 Å². The molecule has 3 amide bonds. The summed E-state index contributed by atoms with van der Waals surface area (Å²) in [5, 5.41) is 15.3. The number of hydrogen-bond acceptors (Lipinski definition) is 5. The lowest BCUT2D eigenvalue weighted by molar-refractivity contribution is -0.141. The summed E-state index contributed by atoms with van der Waals surface area (Å²) in [4.78, 5) is 41.8. The molecule has 1 spiro atoms. The Labute approximate surface area is 188 Å². The van der Waals surface area contributed by atoms with Gasteiger partial charge in [0, 0.05) is 24.9 Å². The van der Waals surface area contributed by atoms with Crippen molar-refractivity contribution >= 4 is 23.4 Å². The van der Waals surface area contributed by atoms with Gasteiger partial charge in [0.25, 0.3) is 0 Å². The van der Waals surface area contributed by atoms with Gasteiger partial charge in [-0.2, -0.15) is 0 Å². The highest BCUT2D eigenvalue weighted by Crippen LogP contribution is 2.58. The lowest BCUT2D eigenvalue weighted by Gasteiger charge is -2.34. The molecule has 0 aliphatic carbocycles. The van der Waals surface area contributed by atoms with E-state index in [0.29, 0.717) is 24.9 Å². The van der Waals surface area contributed by atoms with E-state index in [-0.39, 0.29) is 43.0 Å². The van der Waals surface area contributed by atoms with E-state index in [1.165, 1.54) is 0 Å². The minimum absolute atomic E-state index is 0.0199. The maximum atomic E-state index is 13.6. The van der Waals surface area contributed by atoms with Crippen LogP contribution in [-0.4, -0.2) is 64.7 Å². The number of aliphatic hydroxyl groups is 1. The van der Waals surface area contributed by atoms with Crippen LogP contribution in [0.5, 0.6) is 0 Å². The van der Waals surface area contributed by atoms with Crippen LogP contribution in [0.25, 0.3) is 0 Å². The fourth-order valence-electron chi connectivity index (χ4n) is 5.81. The highest BCUT2D eigenvalue weighted by molar-refractivity contribution is 6.02. The van der Waals surface area contributed by atoms with E-state index in [1.807, 2.05) is 25.1 Å². The van der Waals surface area contributed by atoms with Crippen molar-refractivity contribution in [3.05, 3.63) is 30.3 Å². The standard InChI is InChI=1S/C24H33N3O5/c1-3-8-15(2)25-22(30)20-24-12-11-17(32-24)18(19(24)23(31)27(20)13-7-14-28)21(29)26-16-9-5-4-6-10-16/h4-6,9-10,15,17-20,28H,3,7-8,11-14H2,1-2H3,(H,25,30)(H,26,29)/t15?,17-,18+,19-,20?,24?/m0/s1. The number of nitrogens with zero attached hydrogens (tertiary/aromatic N) is 1. The van der Waals surface area contributed by atoms with Gasteiger partial charge in [-0.15, -0.1) is 0 Å². The SMILES string of the molecule is CCCC(C)NC(=O)C1N(CCCO)C(=O)[C@@H]2[C@H](C(=O)Nc3ccccc3)[C@@H]3CCC12O3. The molecule has 0 radical (unpaired) electrons. The van der Waals surface area contributed by atoms with E-state index in [4.69, 9.17) is 4.74 Å². The highest BCUT2D eigenvalue weighted by atomic mass is 16.5. The largest absolute Gasteiger partial charge is 0.396 e. The lowest BCUT2D eigenvalue weighted by atomic mass is 9.70. The molecule has 4 rings (SSSR count). The summed E-state index contributed by atoms with van der Waals surface area (Å²) in [5.74, 6) is -2.04. The summed E-state index contributed by atoms with van der Waals surface area (Å²) in [7, 11) is 0. The summed E-state index contributed by atoms with van der Waals surface area (Å²) in [6, 6.07) is 8.34. The molecule has 3 fully saturated rings. The van der Waals surface area contributed by atoms with Crippen molar-refractivity contribution in [3.8, 4) is 0 Å². The topological polar surface area (TPSA) is 108 Å². The molecule has 3 heterocycles. The number of amides is 3. The number of benzene rings is 1. The number of fused-ring (bicyclic) bond motifs is 1. The number of carbonyl (C=O) groups excluding carboxylic acids is 3. The summed E-state index contributed by atoms with van der Waals surface area (Å²) >= 11 is 0. The molecule has 1 aromatic carbocycles. The van der Waals surface area contributed by atoms with Crippen molar-refractivity contribution in [2.24, 2.45) is 11.8 Å². The Morgan fingerprint density at radius 3 is 2.72 bits per heavy atom. The van der Waals surface area contributed by atoms with Crippen LogP contribution in [-0.2, 0) is 19.1 Å². The van der Waals surface area contributed by atoms with Crippen molar-refractivity contribution in [2.75, 3.05) is 18.5 Å². The Kier molecular flexibility index (Phi) is 6.53. The first-order valence-corrected chi connectivity index (χ1v) is 11.7. The number of likely N-dealkylation sites (tertiary alicyclic amines) is 1. The second-order valence-electron chi connectivity index (χ2n) is 9.22. The lowest BCUT2D eigenvalue weighted by Crippen LogP contribution is -2.56. The van der Waals surface area contributed by atoms with Crippen molar-refractivity contribution in [1.29, 1.82) is 0 Å². The Hall–Kier alpha value is -2.45. The van der Waals surface area contributed by atoms with Gasteiger partial charge in [0.05, 0.1) is 17.9 Å². The predicted octanol–water partition coefficient (Wildman–Crippen LogP) is 1.69. The predicted molar refractivity (Wildman–Crippen MR) is 119 cm³/mol. The van der Waals surface area contributed by atoms with Gasteiger partial charge in [-0.05, 0) is 44.7 Å². The zero-order chi connectivity index (χ0) is 22.9. The first-order chi connectivity index (χ1) is 15.4. The zero-order valence-corrected chi connectivity index (χ0v) is 18.8. The molecule has 8 heteroatoms. The molecule has 32 heavy (non-hydrogen) atoms. The fraction of sp³-hybridized carbons (Fsp3) is 0.625. The molecular weight excluding hydrogens is 410 g/mol. The van der Waals surface area contributed by atoms with E-state index in [0.717, 1.165) is 12.8 Å². The number of hydrogen-bond donors (Lipinski definition) is 3. The number of carbonyl (C=O) groups is 3. The first-order valence-electron chi connectivity index (χ1n) is 11.7. The Bertz CT molecular complexity index is 862. The maximum Gasteiger partial charge on any atom is 0.246 e. The molecule has 1 aromatic rings. The molecule has 3 saturated heterocycles. The summed E-state index contributed by atoms with van der Waals surface area (Å²) in [5.41, 5.74) is -0.328. The molecule has 6 atom stereocenters. The van der Waals surface area contributed by atoms with Crippen molar-refractivity contribution in [2.45, 2.75) is 69.7 Å². The first kappa shape index (κ1) is 22.7. The van der Waals surface area contributed by atoms with Gasteiger partial charge >= 0.3 is 0 Å². The molecule has 174 valence electrons. The normalized spacial score (nSPS) is 31.5. The fourth-order valence-corrected chi connectivity index (χ4v) is 5.81. The highest BCUT2D eigenvalue weighted by Gasteiger charge is 2.74. The van der Waals surface area contributed by atoms with Crippen LogP contribution in [0.3, 0.4) is 0 Å². The quantitative estimate of drug-likeness (QED) is 0.538. The number of rotatable bonds is 9. The van der Waals surface area contributed by atoms with Gasteiger partial charge in [-0.25, -0.2) is 0 Å². The van der Waals surface area contributed by atoms with Crippen LogP contribution in [0.4, 0.5) is 5.69 Å². The van der Waals surface area contributed by atoms with Crippen LogP contribution in [0.15, 0.2) is 30.3 Å². The van der Waals surface area contributed by atoms with Gasteiger partial charge in [-0.3, -0.25) is 14.4 Å². The van der Waals surface area contributed by atoms with Crippen molar-refractivity contribution < 1.29 is 24.2 Å². The number of para-hydroxylation sites is 1. The number of aliphatic hydroxyl groups excluding tert-OH is 1. The molecule has 0 saturated carbocycles. The third-order valence-electron chi connectivity index (χ3n) is 7.06. The summed E-state index contributed by atoms with van der Waals surface area (Å²) in [6.07, 6.45) is 2.97. The van der Waals surface area contributed by atoms with Crippen molar-refractivity contribution in [3.63, 3.8) is 0 Å². The minimum Gasteiger partial charge on any atom is -0.396 e. The number of anilines is 1. The van der Waals surface area contributed by atoms with Gasteiger partial charge in [-0.1, -0.05) is 31.5 Å². The minimum atomic E-state index is -0.994. The Morgan fingerprint density at radius 2 is 2.03 bits per heavy atom. The van der Waals surface area contributed by atoms with Gasteiger partial charge in [0.1, 0.15) is 11.6 Å². The van der Waals surface area contributed by atoms with Crippen molar-refractivity contribution in [1.82, 2.24) is 10.2 Å². The van der Waals surface area contributed by atoms with E-state index in [2.05, 4.69) is 17.6 Å². The molecule has 3 unspecified atom stereocenters. The number of nitrogens with one attached hydrogen (secondary N) is 2. The second-order valence-corrected chi connectivity index (χ2v) is 9.22. The molecule has 2 bridgehead atoms. The third-order valence-corrected chi connectivity index (χ3v) is 7.06. The van der Waals surface area contributed by atoms with Gasteiger partial charge in [0.2, 0.25) is 17.7 Å². The molecule has 8 nitrogen and oxygen atoms in total. The monoisotopic (exact) mass is 443 g/mol. The van der Waals surface area contributed by atoms with Gasteiger partial charge in [0.15, 0.2) is 0 Å². The van der Waals surface area contributed by atoms with E-state index >= 15 is 0 Å². The number of ether oxygens (including phenoxy) is 1. The smallest absolute Gasteiger partial charge is 0.246 e. The molecule has 3 N–H and O–H groups in total. The Morgan fingerprint density at radius 1 is 1.28 bits per heavy atom. The van der Waals surface area contributed by atoms with Gasteiger partial charge < -0.3 is 25.4 Å². The third kappa shape index (κ3) is 3.79. The Balaban J connectivity index is 1.62. The summed E-state index contributed by atoms with van der Waals surface area (Å²) < 4.78 is 6.36. The maximum absolute atomic E-state index is 13.6.